The zero-order valence-corrected chi connectivity index (χ0v) is 12.7. The van der Waals surface area contributed by atoms with E-state index in [-0.39, 0.29) is 6.03 Å². The van der Waals surface area contributed by atoms with Crippen LogP contribution < -0.4 is 10.6 Å². The molecule has 0 aliphatic heterocycles. The lowest BCUT2D eigenvalue weighted by Gasteiger charge is -2.15. The molecule has 1 aromatic rings. The van der Waals surface area contributed by atoms with Crippen molar-refractivity contribution in [3.8, 4) is 0 Å². The van der Waals surface area contributed by atoms with Crippen molar-refractivity contribution in [3.63, 3.8) is 0 Å². The van der Waals surface area contributed by atoms with Gasteiger partial charge in [-0.1, -0.05) is 29.7 Å². The van der Waals surface area contributed by atoms with Gasteiger partial charge in [-0.25, -0.2) is 4.79 Å². The van der Waals surface area contributed by atoms with Gasteiger partial charge in [0.15, 0.2) is 0 Å². The molecule has 3 heteroatoms. The second-order valence-corrected chi connectivity index (χ2v) is 5.74. The molecule has 0 heterocycles. The highest BCUT2D eigenvalue weighted by molar-refractivity contribution is 5.91. The van der Waals surface area contributed by atoms with E-state index in [0.29, 0.717) is 0 Å². The number of hydrogen-bond acceptors (Lipinski definition) is 1. The summed E-state index contributed by atoms with van der Waals surface area (Å²) in [6, 6.07) is 4.02. The zero-order chi connectivity index (χ0) is 14.5. The van der Waals surface area contributed by atoms with Crippen LogP contribution in [0.1, 0.15) is 48.8 Å². The number of benzene rings is 1. The molecule has 1 aliphatic rings. The number of nitrogens with one attached hydrogen (secondary N) is 2. The van der Waals surface area contributed by atoms with Gasteiger partial charge in [-0.2, -0.15) is 0 Å². The van der Waals surface area contributed by atoms with Crippen LogP contribution in [-0.2, 0) is 0 Å². The minimum absolute atomic E-state index is 0.155. The molecule has 2 rings (SSSR count). The molecule has 1 fully saturated rings. The Hall–Kier alpha value is -1.77. The number of amides is 2. The highest BCUT2D eigenvalue weighted by Gasteiger charge is 2.08. The Morgan fingerprint density at radius 1 is 1.05 bits per heavy atom. The lowest BCUT2D eigenvalue weighted by molar-refractivity contribution is 0.255. The van der Waals surface area contributed by atoms with Crippen LogP contribution in [0.2, 0.25) is 0 Å². The molecule has 0 saturated heterocycles. The molecule has 3 nitrogen and oxygen atoms in total. The molecule has 0 atom stereocenters. The van der Waals surface area contributed by atoms with E-state index in [0.717, 1.165) is 29.7 Å². The third-order valence-electron chi connectivity index (χ3n) is 3.82. The van der Waals surface area contributed by atoms with Gasteiger partial charge < -0.3 is 10.6 Å². The van der Waals surface area contributed by atoms with Crippen molar-refractivity contribution in [3.05, 3.63) is 40.6 Å². The Labute approximate surface area is 121 Å². The van der Waals surface area contributed by atoms with Gasteiger partial charge in [-0.15, -0.1) is 0 Å². The van der Waals surface area contributed by atoms with Gasteiger partial charge in [0, 0.05) is 11.9 Å². The fraction of sp³-hybridized carbons (Fsp3) is 0.471. The van der Waals surface area contributed by atoms with Crippen LogP contribution in [0.15, 0.2) is 23.9 Å². The number of aryl methyl sites for hydroxylation is 3. The predicted molar refractivity (Wildman–Crippen MR) is 84.0 cm³/mol. The monoisotopic (exact) mass is 272 g/mol. The van der Waals surface area contributed by atoms with Crippen molar-refractivity contribution in [2.75, 3.05) is 5.32 Å². The molecular weight excluding hydrogens is 248 g/mol. The summed E-state index contributed by atoms with van der Waals surface area (Å²) in [7, 11) is 0. The largest absolute Gasteiger partial charge is 0.323 e. The summed E-state index contributed by atoms with van der Waals surface area (Å²) >= 11 is 0. The number of carbonyl (C=O) groups is 1. The molecule has 1 aliphatic carbocycles. The summed E-state index contributed by atoms with van der Waals surface area (Å²) in [6.45, 7) is 6.11. The molecule has 0 aromatic heterocycles. The minimum atomic E-state index is -0.155. The second-order valence-electron chi connectivity index (χ2n) is 5.74. The van der Waals surface area contributed by atoms with Crippen molar-refractivity contribution >= 4 is 11.7 Å². The molecule has 20 heavy (non-hydrogen) atoms. The molecule has 108 valence electrons. The van der Waals surface area contributed by atoms with Gasteiger partial charge in [0.1, 0.15) is 0 Å². The van der Waals surface area contributed by atoms with E-state index in [1.54, 1.807) is 0 Å². The maximum atomic E-state index is 12.0. The van der Waals surface area contributed by atoms with E-state index in [2.05, 4.69) is 29.7 Å². The molecule has 0 unspecified atom stereocenters. The summed E-state index contributed by atoms with van der Waals surface area (Å²) in [5.41, 5.74) is 5.68. The van der Waals surface area contributed by atoms with E-state index in [1.807, 2.05) is 20.0 Å². The number of hydrogen-bond donors (Lipinski definition) is 2. The molecule has 2 amide bonds. The Morgan fingerprint density at radius 2 is 1.65 bits per heavy atom. The van der Waals surface area contributed by atoms with Crippen molar-refractivity contribution in [1.29, 1.82) is 0 Å². The van der Waals surface area contributed by atoms with Gasteiger partial charge >= 0.3 is 6.03 Å². The van der Waals surface area contributed by atoms with Gasteiger partial charge in [0.25, 0.3) is 0 Å². The summed E-state index contributed by atoms with van der Waals surface area (Å²) in [5.74, 6) is 0. The SMILES string of the molecule is Cc1cc(C)c(NC(=O)NC=C2CCCCC2)c(C)c1. The van der Waals surface area contributed by atoms with E-state index in [1.165, 1.54) is 30.4 Å². The molecule has 0 bridgehead atoms. The highest BCUT2D eigenvalue weighted by atomic mass is 16.2. The standard InChI is InChI=1S/C17H24N2O/c1-12-9-13(2)16(14(3)10-12)19-17(20)18-11-15-7-5-4-6-8-15/h9-11H,4-8H2,1-3H3,(H2,18,19,20). The Kier molecular flexibility index (Phi) is 4.83. The first-order valence-corrected chi connectivity index (χ1v) is 7.39. The first-order chi connectivity index (χ1) is 9.56. The van der Waals surface area contributed by atoms with E-state index in [9.17, 15) is 4.79 Å². The number of allylic oxidation sites excluding steroid dienone is 1. The Morgan fingerprint density at radius 3 is 2.25 bits per heavy atom. The third kappa shape index (κ3) is 3.86. The zero-order valence-electron chi connectivity index (χ0n) is 12.7. The molecule has 1 saturated carbocycles. The summed E-state index contributed by atoms with van der Waals surface area (Å²) < 4.78 is 0. The van der Waals surface area contributed by atoms with Crippen LogP contribution in [0.3, 0.4) is 0 Å². The predicted octanol–water partition coefficient (Wildman–Crippen LogP) is 4.58. The highest BCUT2D eigenvalue weighted by Crippen LogP contribution is 2.23. The first-order valence-electron chi connectivity index (χ1n) is 7.39. The van der Waals surface area contributed by atoms with Crippen LogP contribution in [0.4, 0.5) is 10.5 Å². The number of rotatable bonds is 2. The van der Waals surface area contributed by atoms with Crippen molar-refractivity contribution in [1.82, 2.24) is 5.32 Å². The molecule has 0 radical (unpaired) electrons. The number of carbonyl (C=O) groups excluding carboxylic acids is 1. The average Bonchev–Trinajstić information content (AvgIpc) is 2.42. The fourth-order valence-electron chi connectivity index (χ4n) is 2.84. The summed E-state index contributed by atoms with van der Waals surface area (Å²) in [6.07, 6.45) is 7.90. The van der Waals surface area contributed by atoms with E-state index < -0.39 is 0 Å². The van der Waals surface area contributed by atoms with Gasteiger partial charge in [0.05, 0.1) is 0 Å². The lowest BCUT2D eigenvalue weighted by Crippen LogP contribution is -2.25. The molecular formula is C17H24N2O. The van der Waals surface area contributed by atoms with Crippen LogP contribution in [-0.4, -0.2) is 6.03 Å². The van der Waals surface area contributed by atoms with Crippen LogP contribution in [0, 0.1) is 20.8 Å². The Bertz CT molecular complexity index is 501. The molecule has 2 N–H and O–H groups in total. The van der Waals surface area contributed by atoms with Crippen molar-refractivity contribution < 1.29 is 4.79 Å². The summed E-state index contributed by atoms with van der Waals surface area (Å²) in [4.78, 5) is 12.0. The first kappa shape index (κ1) is 14.6. The van der Waals surface area contributed by atoms with Crippen LogP contribution >= 0.6 is 0 Å². The van der Waals surface area contributed by atoms with Gasteiger partial charge in [0.2, 0.25) is 0 Å². The topological polar surface area (TPSA) is 41.1 Å². The minimum Gasteiger partial charge on any atom is -0.314 e. The van der Waals surface area contributed by atoms with Crippen LogP contribution in [0.5, 0.6) is 0 Å². The number of anilines is 1. The maximum absolute atomic E-state index is 12.0. The summed E-state index contributed by atoms with van der Waals surface area (Å²) in [5, 5.41) is 5.81. The van der Waals surface area contributed by atoms with Gasteiger partial charge in [-0.3, -0.25) is 0 Å². The quantitative estimate of drug-likeness (QED) is 0.812. The number of urea groups is 1. The van der Waals surface area contributed by atoms with Crippen LogP contribution in [0.25, 0.3) is 0 Å². The third-order valence-corrected chi connectivity index (χ3v) is 3.82. The second kappa shape index (κ2) is 6.60. The molecule has 1 aromatic carbocycles. The van der Waals surface area contributed by atoms with Crippen molar-refractivity contribution in [2.45, 2.75) is 52.9 Å². The average molecular weight is 272 g/mol. The smallest absolute Gasteiger partial charge is 0.314 e. The van der Waals surface area contributed by atoms with Crippen molar-refractivity contribution in [2.24, 2.45) is 0 Å². The Balaban J connectivity index is 1.98. The molecule has 0 spiro atoms. The lowest BCUT2D eigenvalue weighted by atomic mass is 9.96. The van der Waals surface area contributed by atoms with E-state index >= 15 is 0 Å². The fourth-order valence-corrected chi connectivity index (χ4v) is 2.84. The van der Waals surface area contributed by atoms with Gasteiger partial charge in [-0.05, 0) is 57.6 Å². The van der Waals surface area contributed by atoms with E-state index in [4.69, 9.17) is 0 Å². The maximum Gasteiger partial charge on any atom is 0.323 e. The normalized spacial score (nSPS) is 14.8.